The van der Waals surface area contributed by atoms with Gasteiger partial charge in [-0.2, -0.15) is 5.10 Å². The van der Waals surface area contributed by atoms with Crippen molar-refractivity contribution in [1.29, 1.82) is 0 Å². The highest BCUT2D eigenvalue weighted by Gasteiger charge is 2.34. The number of nitrogens with one attached hydrogen (secondary N) is 2. The number of benzene rings is 1. The Kier molecular flexibility index (Phi) is 4.36. The highest BCUT2D eigenvalue weighted by Crippen LogP contribution is 2.27. The van der Waals surface area contributed by atoms with E-state index < -0.39 is 0 Å². The second-order valence-corrected chi connectivity index (χ2v) is 6.09. The predicted molar refractivity (Wildman–Crippen MR) is 87.5 cm³/mol. The van der Waals surface area contributed by atoms with E-state index in [1.54, 1.807) is 24.4 Å². The van der Waals surface area contributed by atoms with Crippen LogP contribution in [0.4, 0.5) is 0 Å². The van der Waals surface area contributed by atoms with E-state index in [1.807, 2.05) is 6.07 Å². The lowest BCUT2D eigenvalue weighted by molar-refractivity contribution is 0.0812. The van der Waals surface area contributed by atoms with Gasteiger partial charge in [0.15, 0.2) is 5.11 Å². The molecule has 0 amide bonds. The van der Waals surface area contributed by atoms with Crippen LogP contribution in [0.2, 0.25) is 0 Å². The van der Waals surface area contributed by atoms with Crippen molar-refractivity contribution in [2.45, 2.75) is 18.9 Å². The fourth-order valence-corrected chi connectivity index (χ4v) is 3.30. The number of aromatic hydroxyl groups is 1. The molecule has 1 aromatic rings. The number of nitrogens with zero attached hydrogens (tertiary/aromatic N) is 2. The van der Waals surface area contributed by atoms with Crippen LogP contribution < -0.4 is 10.7 Å². The minimum Gasteiger partial charge on any atom is -0.508 e. The molecular weight excluding hydrogens is 284 g/mol. The zero-order valence-electron chi connectivity index (χ0n) is 11.8. The monoisotopic (exact) mass is 304 g/mol. The summed E-state index contributed by atoms with van der Waals surface area (Å²) in [6, 6.07) is 7.36. The van der Waals surface area contributed by atoms with Gasteiger partial charge in [-0.1, -0.05) is 12.1 Å². The van der Waals surface area contributed by atoms with Crippen molar-refractivity contribution in [3.05, 3.63) is 29.8 Å². The quantitative estimate of drug-likeness (QED) is 0.446. The van der Waals surface area contributed by atoms with Crippen molar-refractivity contribution < 1.29 is 5.11 Å². The van der Waals surface area contributed by atoms with E-state index >= 15 is 0 Å². The Labute approximate surface area is 130 Å². The molecular formula is C15H20N4OS. The molecule has 112 valence electrons. The van der Waals surface area contributed by atoms with E-state index in [9.17, 15) is 5.11 Å². The van der Waals surface area contributed by atoms with E-state index in [1.165, 1.54) is 25.9 Å². The number of phenolic OH excluding ortho intramolecular Hbond substituents is 1. The maximum Gasteiger partial charge on any atom is 0.187 e. The first-order chi connectivity index (χ1) is 10.2. The fraction of sp³-hybridized carbons (Fsp3) is 0.467. The Hall–Kier alpha value is -1.66. The lowest BCUT2D eigenvalue weighted by atomic mass is 9.84. The van der Waals surface area contributed by atoms with Crippen LogP contribution in [0.5, 0.6) is 5.75 Å². The van der Waals surface area contributed by atoms with Gasteiger partial charge in [0, 0.05) is 12.6 Å². The van der Waals surface area contributed by atoms with Crippen LogP contribution in [0.3, 0.4) is 0 Å². The van der Waals surface area contributed by atoms with Crippen molar-refractivity contribution >= 4 is 23.5 Å². The van der Waals surface area contributed by atoms with Crippen LogP contribution in [-0.4, -0.2) is 47.0 Å². The van der Waals surface area contributed by atoms with Gasteiger partial charge < -0.3 is 15.3 Å². The molecule has 0 aliphatic carbocycles. The Morgan fingerprint density at radius 1 is 1.38 bits per heavy atom. The van der Waals surface area contributed by atoms with Crippen LogP contribution in [0.25, 0.3) is 0 Å². The van der Waals surface area contributed by atoms with E-state index in [-0.39, 0.29) is 5.75 Å². The van der Waals surface area contributed by atoms with Gasteiger partial charge in [-0.05, 0) is 61.8 Å². The minimum atomic E-state index is 0.229. The second kappa shape index (κ2) is 6.41. The molecule has 5 nitrogen and oxygen atoms in total. The van der Waals surface area contributed by atoms with Gasteiger partial charge in [-0.3, -0.25) is 5.43 Å². The average Bonchev–Trinajstić information content (AvgIpc) is 2.48. The molecule has 3 fully saturated rings. The predicted octanol–water partition coefficient (Wildman–Crippen LogP) is 1.28. The average molecular weight is 304 g/mol. The zero-order valence-corrected chi connectivity index (χ0v) is 12.6. The number of rotatable bonds is 3. The molecule has 1 atom stereocenters. The highest BCUT2D eigenvalue weighted by atomic mass is 32.1. The molecule has 0 aromatic heterocycles. The van der Waals surface area contributed by atoms with E-state index in [2.05, 4.69) is 20.7 Å². The topological polar surface area (TPSA) is 59.9 Å². The first kappa shape index (κ1) is 14.3. The maximum absolute atomic E-state index is 9.37. The van der Waals surface area contributed by atoms with Gasteiger partial charge in [0.25, 0.3) is 0 Å². The molecule has 0 saturated carbocycles. The first-order valence-corrected chi connectivity index (χ1v) is 7.72. The molecule has 1 aromatic carbocycles. The van der Waals surface area contributed by atoms with Crippen LogP contribution in [0.15, 0.2) is 29.4 Å². The summed E-state index contributed by atoms with van der Waals surface area (Å²) >= 11 is 5.29. The standard InChI is InChI=1S/C15H20N4OS/c20-13-3-1-2-11(8-13)9-16-18-15(21)17-14-10-19-6-4-12(14)5-7-19/h1-3,8-9,12,14,20H,4-7,10H2,(H2,17,18,21)/b16-9-/t14-/m1/s1. The Balaban J connectivity index is 1.48. The number of thiocarbonyl (C=S) groups is 1. The number of hydrogen-bond acceptors (Lipinski definition) is 4. The summed E-state index contributed by atoms with van der Waals surface area (Å²) in [4.78, 5) is 2.48. The smallest absolute Gasteiger partial charge is 0.187 e. The molecule has 21 heavy (non-hydrogen) atoms. The molecule has 3 N–H and O–H groups in total. The number of fused-ring (bicyclic) bond motifs is 3. The first-order valence-electron chi connectivity index (χ1n) is 7.32. The third-order valence-electron chi connectivity index (χ3n) is 4.22. The van der Waals surface area contributed by atoms with Crippen LogP contribution in [0.1, 0.15) is 18.4 Å². The van der Waals surface area contributed by atoms with Gasteiger partial charge in [-0.15, -0.1) is 0 Å². The molecule has 0 radical (unpaired) electrons. The SMILES string of the molecule is Oc1cccc(/C=N\NC(=S)N[C@@H]2CN3CCC2CC3)c1. The number of hydrazone groups is 1. The Bertz CT molecular complexity index is 540. The summed E-state index contributed by atoms with van der Waals surface area (Å²) in [7, 11) is 0. The lowest BCUT2D eigenvalue weighted by Crippen LogP contribution is -2.58. The number of hydrogen-bond donors (Lipinski definition) is 3. The van der Waals surface area contributed by atoms with Crippen LogP contribution >= 0.6 is 12.2 Å². The Morgan fingerprint density at radius 2 is 2.19 bits per heavy atom. The van der Waals surface area contributed by atoms with Crippen molar-refractivity contribution in [2.24, 2.45) is 11.0 Å². The van der Waals surface area contributed by atoms with Gasteiger partial charge in [0.2, 0.25) is 0 Å². The normalized spacial score (nSPS) is 27.7. The number of phenols is 1. The van der Waals surface area contributed by atoms with Crippen molar-refractivity contribution in [1.82, 2.24) is 15.6 Å². The largest absolute Gasteiger partial charge is 0.508 e. The highest BCUT2D eigenvalue weighted by molar-refractivity contribution is 7.80. The molecule has 3 saturated heterocycles. The summed E-state index contributed by atoms with van der Waals surface area (Å²) in [6.45, 7) is 3.51. The van der Waals surface area contributed by atoms with Crippen molar-refractivity contribution in [3.8, 4) is 5.75 Å². The summed E-state index contributed by atoms with van der Waals surface area (Å²) in [5, 5.41) is 17.4. The molecule has 3 heterocycles. The van der Waals surface area contributed by atoms with Gasteiger partial charge in [0.1, 0.15) is 5.75 Å². The zero-order chi connectivity index (χ0) is 14.7. The molecule has 0 unspecified atom stereocenters. The van der Waals surface area contributed by atoms with Gasteiger partial charge in [0.05, 0.1) is 6.21 Å². The molecule has 0 spiro atoms. The maximum atomic E-state index is 9.37. The summed E-state index contributed by atoms with van der Waals surface area (Å²) < 4.78 is 0. The van der Waals surface area contributed by atoms with Crippen molar-refractivity contribution in [2.75, 3.05) is 19.6 Å². The van der Waals surface area contributed by atoms with E-state index in [0.29, 0.717) is 11.2 Å². The molecule has 6 heteroatoms. The van der Waals surface area contributed by atoms with Gasteiger partial charge >= 0.3 is 0 Å². The molecule has 3 aliphatic heterocycles. The molecule has 2 bridgehead atoms. The minimum absolute atomic E-state index is 0.229. The third kappa shape index (κ3) is 3.71. The number of piperidine rings is 3. The Morgan fingerprint density at radius 3 is 2.86 bits per heavy atom. The summed E-state index contributed by atoms with van der Waals surface area (Å²) in [6.07, 6.45) is 4.16. The summed E-state index contributed by atoms with van der Waals surface area (Å²) in [5.41, 5.74) is 3.67. The summed E-state index contributed by atoms with van der Waals surface area (Å²) in [5.74, 6) is 0.955. The van der Waals surface area contributed by atoms with Crippen molar-refractivity contribution in [3.63, 3.8) is 0 Å². The fourth-order valence-electron chi connectivity index (χ4n) is 3.10. The van der Waals surface area contributed by atoms with E-state index in [0.717, 1.165) is 18.0 Å². The lowest BCUT2D eigenvalue weighted by Gasteiger charge is -2.45. The van der Waals surface area contributed by atoms with Crippen LogP contribution in [0, 0.1) is 5.92 Å². The van der Waals surface area contributed by atoms with Crippen LogP contribution in [-0.2, 0) is 0 Å². The molecule has 3 aliphatic rings. The molecule has 4 rings (SSSR count). The third-order valence-corrected chi connectivity index (χ3v) is 4.43. The van der Waals surface area contributed by atoms with Gasteiger partial charge in [-0.25, -0.2) is 0 Å². The van der Waals surface area contributed by atoms with E-state index in [4.69, 9.17) is 12.2 Å². The second-order valence-electron chi connectivity index (χ2n) is 5.68.